The third-order valence-electron chi connectivity index (χ3n) is 20.3. The average Bonchev–Trinajstić information content (AvgIpc) is 1.62. The molecule has 0 unspecified atom stereocenters. The zero-order valence-corrected chi connectivity index (χ0v) is 71.0. The molecule has 0 aliphatic rings. The van der Waals surface area contributed by atoms with E-state index in [4.69, 9.17) is 48.1 Å². The number of carbonyl (C=O) groups is 3. The molecule has 34 nitrogen and oxygen atoms in total. The van der Waals surface area contributed by atoms with E-state index < -0.39 is 32.2 Å². The van der Waals surface area contributed by atoms with Gasteiger partial charge in [0.2, 0.25) is 10.0 Å². The monoisotopic (exact) mass is 1670 g/mol. The maximum atomic E-state index is 12.7. The first-order valence-corrected chi connectivity index (χ1v) is 40.5. The Morgan fingerprint density at radius 1 is 0.374 bits per heavy atom. The highest BCUT2D eigenvalue weighted by Crippen LogP contribution is 2.38. The Labute approximate surface area is 709 Å². The molecule has 628 valence electrons. The number of nitrogen functional groups attached to an aromatic ring is 4. The minimum absolute atomic E-state index is 0.109. The molecular formula is C88H94N28O6S. The summed E-state index contributed by atoms with van der Waals surface area (Å²) in [6.45, 7) is 24.8. The maximum Gasteiger partial charge on any atom is 0.270 e. The number of pyridine rings is 2. The van der Waals surface area contributed by atoms with Gasteiger partial charge in [0.1, 0.15) is 94.8 Å². The van der Waals surface area contributed by atoms with Crippen LogP contribution in [-0.4, -0.2) is 158 Å². The van der Waals surface area contributed by atoms with Crippen LogP contribution in [-0.2, 0) is 32.2 Å². The van der Waals surface area contributed by atoms with Crippen LogP contribution in [0, 0.1) is 27.7 Å². The van der Waals surface area contributed by atoms with Crippen LogP contribution in [0.4, 0.5) is 23.3 Å². The number of aromatic nitrogens is 20. The standard InChI is InChI=1S/C23H25N7O2.C22H23N7O.C22H24N6O2S.C21H22N8O/c1-14-5-7-15(8-6-14)19-18-20(24)27-13-28-21(18)30(29-19)23(2,3)12-26-22(31)17-11-16(32-4)9-10-25-17;1-14-6-8-15(9-7-14)18-17-19(23)26-13-27-20(17)29(28-18)22(2,3)12-25-21(30)16-5-4-10-24-11-16;1-15-9-11-16(12-10-15)19-18-20(23)24-14-25-21(18)28(27-19)22(2,3)13-26-31(29,30)17-7-5-4-6-8-17;1-13-4-6-14(7-5-13)17-16-18(22)26-12-27-19(16)29(28-17)21(2,3)10-24-20(30)15-8-9-23-11-25-15/h5-11,13H,12H2,1-4H3,(H,26,31)(H2,24,27,28);4-11,13H,12H2,1-3H3,(H,25,30)(H2,23,26,27);4-12,14,26H,13H2,1-3H3,(H2,23,24,25);4-9,11-12H,10H2,1-3H3,(H,24,30)(H2,22,26,27). The Balaban J connectivity index is 0.000000141. The highest BCUT2D eigenvalue weighted by atomic mass is 32.2. The predicted molar refractivity (Wildman–Crippen MR) is 473 cm³/mol. The summed E-state index contributed by atoms with van der Waals surface area (Å²) in [5.41, 5.74) is 36.8. The van der Waals surface area contributed by atoms with Gasteiger partial charge in [-0.3, -0.25) is 24.4 Å². The minimum atomic E-state index is -3.66. The predicted octanol–water partition coefficient (Wildman–Crippen LogP) is 11.3. The van der Waals surface area contributed by atoms with Crippen LogP contribution in [0.2, 0.25) is 0 Å². The van der Waals surface area contributed by atoms with Gasteiger partial charge < -0.3 is 43.6 Å². The average molecular weight is 1670 g/mol. The van der Waals surface area contributed by atoms with Gasteiger partial charge in [0.15, 0.2) is 22.6 Å². The summed E-state index contributed by atoms with van der Waals surface area (Å²) in [5, 5.41) is 30.8. The van der Waals surface area contributed by atoms with Crippen molar-refractivity contribution in [3.8, 4) is 50.8 Å². The second kappa shape index (κ2) is 35.9. The van der Waals surface area contributed by atoms with E-state index in [2.05, 4.69) is 80.5 Å². The van der Waals surface area contributed by atoms with Crippen molar-refractivity contribution in [1.82, 2.24) is 120 Å². The molecule has 0 atom stereocenters. The Morgan fingerprint density at radius 3 is 1.07 bits per heavy atom. The van der Waals surface area contributed by atoms with Gasteiger partial charge in [-0.05, 0) is 119 Å². The number of rotatable bonds is 22. The highest BCUT2D eigenvalue weighted by molar-refractivity contribution is 7.89. The number of aryl methyl sites for hydroxylation is 4. The number of anilines is 4. The van der Waals surface area contributed by atoms with Crippen molar-refractivity contribution in [2.45, 2.75) is 110 Å². The zero-order chi connectivity index (χ0) is 87.7. The third-order valence-corrected chi connectivity index (χ3v) is 21.7. The molecule has 11 aromatic heterocycles. The number of benzene rings is 5. The number of nitrogens with two attached hydrogens (primary N) is 4. The van der Waals surface area contributed by atoms with E-state index >= 15 is 0 Å². The van der Waals surface area contributed by atoms with Gasteiger partial charge in [0, 0.05) is 79.3 Å². The molecule has 0 bridgehead atoms. The van der Waals surface area contributed by atoms with Crippen molar-refractivity contribution >= 4 is 95.1 Å². The van der Waals surface area contributed by atoms with E-state index in [1.54, 1.807) is 92.7 Å². The molecule has 123 heavy (non-hydrogen) atoms. The first-order chi connectivity index (χ1) is 58.7. The van der Waals surface area contributed by atoms with Gasteiger partial charge in [0.05, 0.1) is 61.3 Å². The van der Waals surface area contributed by atoms with E-state index in [1.165, 1.54) is 50.2 Å². The van der Waals surface area contributed by atoms with Crippen LogP contribution in [0.5, 0.6) is 5.75 Å². The number of fused-ring (bicyclic) bond motifs is 4. The van der Waals surface area contributed by atoms with Crippen molar-refractivity contribution in [2.24, 2.45) is 0 Å². The lowest BCUT2D eigenvalue weighted by atomic mass is 10.1. The summed E-state index contributed by atoms with van der Waals surface area (Å²) in [6.07, 6.45) is 13.2. The number of nitrogens with zero attached hydrogens (tertiary/aromatic N) is 20. The lowest BCUT2D eigenvalue weighted by Crippen LogP contribution is -2.41. The number of nitrogens with one attached hydrogen (secondary N) is 4. The molecule has 0 fully saturated rings. The van der Waals surface area contributed by atoms with Crippen LogP contribution >= 0.6 is 0 Å². The molecular weight excluding hydrogens is 1580 g/mol. The van der Waals surface area contributed by atoms with Gasteiger partial charge in [-0.15, -0.1) is 0 Å². The topological polar surface area (TPSA) is 473 Å². The molecule has 16 aromatic rings. The number of hydrogen-bond donors (Lipinski definition) is 8. The summed E-state index contributed by atoms with van der Waals surface area (Å²) in [6, 6.07) is 48.6. The van der Waals surface area contributed by atoms with Crippen molar-refractivity contribution in [2.75, 3.05) is 56.2 Å². The molecule has 0 radical (unpaired) electrons. The van der Waals surface area contributed by atoms with Crippen LogP contribution in [0.1, 0.15) is 109 Å². The van der Waals surface area contributed by atoms with Gasteiger partial charge in [-0.1, -0.05) is 138 Å². The molecule has 5 aromatic carbocycles. The summed E-state index contributed by atoms with van der Waals surface area (Å²) in [7, 11) is -2.12. The van der Waals surface area contributed by atoms with E-state index in [0.717, 1.165) is 50.2 Å². The summed E-state index contributed by atoms with van der Waals surface area (Å²) < 4.78 is 40.3. The molecule has 12 N–H and O–H groups in total. The van der Waals surface area contributed by atoms with E-state index in [9.17, 15) is 22.8 Å². The molecule has 0 saturated heterocycles. The van der Waals surface area contributed by atoms with Gasteiger partial charge in [-0.25, -0.2) is 81.7 Å². The second-order valence-corrected chi connectivity index (χ2v) is 33.5. The Bertz CT molecular complexity index is 6410. The molecule has 0 aliphatic carbocycles. The first-order valence-electron chi connectivity index (χ1n) is 39.0. The molecule has 0 saturated carbocycles. The maximum absolute atomic E-state index is 12.7. The van der Waals surface area contributed by atoms with Crippen LogP contribution in [0.15, 0.2) is 219 Å². The number of sulfonamides is 1. The molecule has 11 heterocycles. The Morgan fingerprint density at radius 2 is 0.732 bits per heavy atom. The number of carbonyl (C=O) groups excluding carboxylic acids is 3. The number of ether oxygens (including phenoxy) is 1. The molecule has 0 aliphatic heterocycles. The highest BCUT2D eigenvalue weighted by Gasteiger charge is 2.34. The van der Waals surface area contributed by atoms with Crippen molar-refractivity contribution < 1.29 is 27.5 Å². The quantitative estimate of drug-likeness (QED) is 0.0312. The van der Waals surface area contributed by atoms with Crippen molar-refractivity contribution in [1.29, 1.82) is 0 Å². The fourth-order valence-electron chi connectivity index (χ4n) is 13.3. The largest absolute Gasteiger partial charge is 0.497 e. The van der Waals surface area contributed by atoms with Gasteiger partial charge in [0.25, 0.3) is 17.7 Å². The van der Waals surface area contributed by atoms with E-state index in [-0.39, 0.29) is 34.9 Å². The Kier molecular flexibility index (Phi) is 25.1. The number of amides is 3. The third kappa shape index (κ3) is 19.2. The van der Waals surface area contributed by atoms with E-state index in [0.29, 0.717) is 121 Å². The van der Waals surface area contributed by atoms with Crippen molar-refractivity contribution in [3.05, 3.63) is 253 Å². The molecule has 35 heteroatoms. The van der Waals surface area contributed by atoms with Crippen LogP contribution < -0.4 is 48.3 Å². The van der Waals surface area contributed by atoms with Crippen LogP contribution in [0.3, 0.4) is 0 Å². The smallest absolute Gasteiger partial charge is 0.270 e. The molecule has 16 rings (SSSR count). The fraction of sp³-hybridized carbons (Fsp3) is 0.239. The van der Waals surface area contributed by atoms with Gasteiger partial charge in [-0.2, -0.15) is 20.4 Å². The van der Waals surface area contributed by atoms with E-state index in [1.807, 2.05) is 180 Å². The lowest BCUT2D eigenvalue weighted by molar-refractivity contribution is 0.0924. The van der Waals surface area contributed by atoms with Gasteiger partial charge >= 0.3 is 0 Å². The Hall–Kier alpha value is -15.0. The minimum Gasteiger partial charge on any atom is -0.497 e. The SMILES string of the molecule is COc1ccnc(C(=O)NCC(C)(C)n2nc(-c3ccc(C)cc3)c3c(N)ncnc32)c1.Cc1ccc(-c2nn(C(C)(C)CNC(=O)c3cccnc3)c3ncnc(N)c23)cc1.Cc1ccc(-c2nn(C(C)(C)CNC(=O)c3ccncn3)c3ncnc(N)c23)cc1.Cc1ccc(-c2nn(C(C)(C)CNS(=O)(=O)c3ccccc3)c3ncnc(N)c23)cc1. The summed E-state index contributed by atoms with van der Waals surface area (Å²) in [5.74, 6) is 1.21. The zero-order valence-electron chi connectivity index (χ0n) is 70.1. The fourth-order valence-corrected chi connectivity index (χ4v) is 14.5. The summed E-state index contributed by atoms with van der Waals surface area (Å²) in [4.78, 5) is 88.0. The summed E-state index contributed by atoms with van der Waals surface area (Å²) >= 11 is 0. The van der Waals surface area contributed by atoms with Crippen LogP contribution in [0.25, 0.3) is 89.2 Å². The second-order valence-electron chi connectivity index (χ2n) is 31.7. The molecule has 0 spiro atoms. The first kappa shape index (κ1) is 85.9. The molecule has 3 amide bonds. The number of methoxy groups -OCH3 is 1. The lowest BCUT2D eigenvalue weighted by Gasteiger charge is -2.26. The number of hydrogen-bond acceptors (Lipinski definition) is 26. The van der Waals surface area contributed by atoms with Crippen molar-refractivity contribution in [3.63, 3.8) is 0 Å². The normalized spacial score (nSPS) is 11.7.